The Labute approximate surface area is 165 Å². The standard InChI is InChI=1S/C20H19N3O2S2/c1-25-14-9-7-13(8-10-14)23-19(24)17-15-5-2-3-6-16(15)27-18(17)22-20(23)26-12-4-11-21/h7-10H,2-6,12H2,1H3. The lowest BCUT2D eigenvalue weighted by Gasteiger charge is -2.13. The Kier molecular flexibility index (Phi) is 5.19. The zero-order chi connectivity index (χ0) is 18.8. The van der Waals surface area contributed by atoms with E-state index in [1.54, 1.807) is 23.0 Å². The molecule has 2 heterocycles. The molecule has 2 aromatic heterocycles. The van der Waals surface area contributed by atoms with Gasteiger partial charge < -0.3 is 4.74 Å². The molecule has 0 N–H and O–H groups in total. The van der Waals surface area contributed by atoms with Crippen molar-refractivity contribution in [2.45, 2.75) is 37.3 Å². The quantitative estimate of drug-likeness (QED) is 0.364. The van der Waals surface area contributed by atoms with Crippen LogP contribution in [0, 0.1) is 11.3 Å². The summed E-state index contributed by atoms with van der Waals surface area (Å²) < 4.78 is 6.92. The van der Waals surface area contributed by atoms with Crippen molar-refractivity contribution in [3.63, 3.8) is 0 Å². The van der Waals surface area contributed by atoms with Crippen LogP contribution in [-0.4, -0.2) is 22.4 Å². The van der Waals surface area contributed by atoms with Crippen LogP contribution in [0.5, 0.6) is 5.75 Å². The molecule has 0 aliphatic heterocycles. The minimum absolute atomic E-state index is 0.0102. The average Bonchev–Trinajstić information content (AvgIpc) is 3.07. The van der Waals surface area contributed by atoms with Crippen LogP contribution in [-0.2, 0) is 12.8 Å². The Morgan fingerprint density at radius 2 is 2.07 bits per heavy atom. The third-order valence-electron chi connectivity index (χ3n) is 4.73. The molecule has 0 bridgehead atoms. The first-order valence-electron chi connectivity index (χ1n) is 8.94. The molecule has 27 heavy (non-hydrogen) atoms. The summed E-state index contributed by atoms with van der Waals surface area (Å²) in [4.78, 5) is 20.5. The van der Waals surface area contributed by atoms with Crippen molar-refractivity contribution < 1.29 is 4.74 Å². The lowest BCUT2D eigenvalue weighted by Crippen LogP contribution is -2.22. The molecule has 3 aromatic rings. The fourth-order valence-corrected chi connectivity index (χ4v) is 5.59. The summed E-state index contributed by atoms with van der Waals surface area (Å²) in [5.74, 6) is 1.35. The van der Waals surface area contributed by atoms with Gasteiger partial charge in [0.2, 0.25) is 0 Å². The van der Waals surface area contributed by atoms with E-state index in [1.165, 1.54) is 28.6 Å². The maximum Gasteiger partial charge on any atom is 0.267 e. The predicted molar refractivity (Wildman–Crippen MR) is 109 cm³/mol. The first-order valence-corrected chi connectivity index (χ1v) is 10.7. The van der Waals surface area contributed by atoms with Crippen molar-refractivity contribution in [3.05, 3.63) is 45.1 Å². The molecular formula is C20H19N3O2S2. The Bertz CT molecular complexity index is 1080. The van der Waals surface area contributed by atoms with Crippen LogP contribution in [0.4, 0.5) is 0 Å². The summed E-state index contributed by atoms with van der Waals surface area (Å²) in [5.41, 5.74) is 1.95. The van der Waals surface area contributed by atoms with Crippen LogP contribution in [0.2, 0.25) is 0 Å². The fourth-order valence-electron chi connectivity index (χ4n) is 3.43. The molecule has 0 saturated heterocycles. The van der Waals surface area contributed by atoms with Crippen molar-refractivity contribution in [2.24, 2.45) is 0 Å². The summed E-state index contributed by atoms with van der Waals surface area (Å²) in [7, 11) is 1.62. The molecule has 7 heteroatoms. The number of thiophene rings is 1. The zero-order valence-electron chi connectivity index (χ0n) is 15.0. The van der Waals surface area contributed by atoms with E-state index in [-0.39, 0.29) is 5.56 Å². The van der Waals surface area contributed by atoms with Gasteiger partial charge in [-0.1, -0.05) is 11.8 Å². The highest BCUT2D eigenvalue weighted by molar-refractivity contribution is 7.99. The second kappa shape index (κ2) is 7.75. The van der Waals surface area contributed by atoms with Crippen LogP contribution in [0.25, 0.3) is 15.9 Å². The van der Waals surface area contributed by atoms with Crippen LogP contribution < -0.4 is 10.3 Å². The van der Waals surface area contributed by atoms with Gasteiger partial charge in [0.25, 0.3) is 5.56 Å². The predicted octanol–water partition coefficient (Wildman–Crippen LogP) is 4.34. The number of thioether (sulfide) groups is 1. The monoisotopic (exact) mass is 397 g/mol. The van der Waals surface area contributed by atoms with Gasteiger partial charge in [0.05, 0.1) is 24.3 Å². The summed E-state index contributed by atoms with van der Waals surface area (Å²) in [5, 5.41) is 10.3. The maximum absolute atomic E-state index is 13.5. The van der Waals surface area contributed by atoms with Crippen molar-refractivity contribution in [3.8, 4) is 17.5 Å². The van der Waals surface area contributed by atoms with Gasteiger partial charge in [0.1, 0.15) is 10.6 Å². The highest BCUT2D eigenvalue weighted by atomic mass is 32.2. The molecule has 0 spiro atoms. The molecule has 4 rings (SSSR count). The summed E-state index contributed by atoms with van der Waals surface area (Å²) in [6.07, 6.45) is 4.71. The molecule has 1 aliphatic rings. The minimum atomic E-state index is -0.0102. The largest absolute Gasteiger partial charge is 0.497 e. The first-order chi connectivity index (χ1) is 13.2. The Morgan fingerprint density at radius 1 is 1.30 bits per heavy atom. The number of fused-ring (bicyclic) bond motifs is 3. The molecule has 1 aromatic carbocycles. The molecule has 0 radical (unpaired) electrons. The number of hydrogen-bond acceptors (Lipinski definition) is 6. The van der Waals surface area contributed by atoms with Crippen LogP contribution in [0.1, 0.15) is 29.7 Å². The van der Waals surface area contributed by atoms with E-state index >= 15 is 0 Å². The van der Waals surface area contributed by atoms with Crippen molar-refractivity contribution >= 4 is 33.3 Å². The third kappa shape index (κ3) is 3.35. The van der Waals surface area contributed by atoms with Gasteiger partial charge in [-0.15, -0.1) is 11.3 Å². The van der Waals surface area contributed by atoms with Crippen LogP contribution in [0.15, 0.2) is 34.2 Å². The second-order valence-corrected chi connectivity index (χ2v) is 8.53. The van der Waals surface area contributed by atoms with Gasteiger partial charge in [-0.3, -0.25) is 9.36 Å². The molecule has 5 nitrogen and oxygen atoms in total. The van der Waals surface area contributed by atoms with Gasteiger partial charge in [-0.05, 0) is 55.5 Å². The number of nitrogens with zero attached hydrogens (tertiary/aromatic N) is 3. The van der Waals surface area contributed by atoms with Crippen molar-refractivity contribution in [2.75, 3.05) is 12.9 Å². The van der Waals surface area contributed by atoms with Crippen LogP contribution >= 0.6 is 23.1 Å². The number of nitriles is 1. The molecule has 1 aliphatic carbocycles. The molecule has 138 valence electrons. The number of methoxy groups -OCH3 is 1. The van der Waals surface area contributed by atoms with E-state index in [1.807, 2.05) is 24.3 Å². The number of aryl methyl sites for hydroxylation is 2. The van der Waals surface area contributed by atoms with E-state index in [4.69, 9.17) is 15.0 Å². The van der Waals surface area contributed by atoms with E-state index < -0.39 is 0 Å². The van der Waals surface area contributed by atoms with E-state index in [0.29, 0.717) is 17.3 Å². The smallest absolute Gasteiger partial charge is 0.267 e. The number of aromatic nitrogens is 2. The Hall–Kier alpha value is -2.30. The molecule has 0 saturated carbocycles. The number of ether oxygens (including phenoxy) is 1. The number of hydrogen-bond donors (Lipinski definition) is 0. The molecule has 0 unspecified atom stereocenters. The lowest BCUT2D eigenvalue weighted by molar-refractivity contribution is 0.414. The normalized spacial score (nSPS) is 13.3. The topological polar surface area (TPSA) is 67.9 Å². The van der Waals surface area contributed by atoms with Gasteiger partial charge in [-0.25, -0.2) is 4.98 Å². The van der Waals surface area contributed by atoms with Crippen LogP contribution in [0.3, 0.4) is 0 Å². The van der Waals surface area contributed by atoms with Gasteiger partial charge in [0.15, 0.2) is 5.16 Å². The fraction of sp³-hybridized carbons (Fsp3) is 0.350. The third-order valence-corrected chi connectivity index (χ3v) is 6.86. The molecule has 0 amide bonds. The van der Waals surface area contributed by atoms with Crippen molar-refractivity contribution in [1.82, 2.24) is 9.55 Å². The average molecular weight is 398 g/mol. The molecular weight excluding hydrogens is 378 g/mol. The summed E-state index contributed by atoms with van der Waals surface area (Å²) in [6, 6.07) is 9.60. The zero-order valence-corrected chi connectivity index (χ0v) is 16.7. The van der Waals surface area contributed by atoms with E-state index in [2.05, 4.69) is 6.07 Å². The first kappa shape index (κ1) is 18.1. The summed E-state index contributed by atoms with van der Waals surface area (Å²) >= 11 is 3.11. The SMILES string of the molecule is COc1ccc(-n2c(SCCC#N)nc3sc4c(c3c2=O)CCCC4)cc1. The second-order valence-electron chi connectivity index (χ2n) is 6.38. The van der Waals surface area contributed by atoms with Crippen molar-refractivity contribution in [1.29, 1.82) is 5.26 Å². The van der Waals surface area contributed by atoms with E-state index in [0.717, 1.165) is 40.9 Å². The highest BCUT2D eigenvalue weighted by Crippen LogP contribution is 2.35. The molecule has 0 fully saturated rings. The highest BCUT2D eigenvalue weighted by Gasteiger charge is 2.22. The van der Waals surface area contributed by atoms with Gasteiger partial charge in [-0.2, -0.15) is 5.26 Å². The number of benzene rings is 1. The Morgan fingerprint density at radius 3 is 2.81 bits per heavy atom. The van der Waals surface area contributed by atoms with E-state index in [9.17, 15) is 4.79 Å². The minimum Gasteiger partial charge on any atom is -0.497 e. The van der Waals surface area contributed by atoms with Gasteiger partial charge in [0, 0.05) is 17.1 Å². The Balaban J connectivity index is 1.92. The van der Waals surface area contributed by atoms with Gasteiger partial charge >= 0.3 is 0 Å². The molecule has 0 atom stereocenters. The summed E-state index contributed by atoms with van der Waals surface area (Å²) in [6.45, 7) is 0. The maximum atomic E-state index is 13.5. The number of rotatable bonds is 5. The lowest BCUT2D eigenvalue weighted by atomic mass is 9.97.